The Hall–Kier alpha value is -1.41. The van der Waals surface area contributed by atoms with Gasteiger partial charge in [0.2, 0.25) is 0 Å². The fourth-order valence-electron chi connectivity index (χ4n) is 1.08. The molecule has 0 unspecified atom stereocenters. The minimum Gasteiger partial charge on any atom is -0.256 e. The van der Waals surface area contributed by atoms with E-state index in [4.69, 9.17) is 11.6 Å². The van der Waals surface area contributed by atoms with Crippen LogP contribution in [0.2, 0.25) is 5.02 Å². The lowest BCUT2D eigenvalue weighted by molar-refractivity contribution is 0.629. The molecule has 3 heteroatoms. The van der Waals surface area contributed by atoms with Crippen molar-refractivity contribution < 1.29 is 4.39 Å². The molecule has 1 aromatic heterocycles. The first-order chi connectivity index (χ1) is 7.69. The first-order valence-electron chi connectivity index (χ1n) is 4.96. The summed E-state index contributed by atoms with van der Waals surface area (Å²) in [5.74, 6) is -0.294. The molecule has 0 aliphatic rings. The Bertz CT molecular complexity index is 491. The van der Waals surface area contributed by atoms with E-state index in [9.17, 15) is 4.39 Å². The van der Waals surface area contributed by atoms with Crippen LogP contribution in [0, 0.1) is 5.82 Å². The van der Waals surface area contributed by atoms with Crippen molar-refractivity contribution in [2.45, 2.75) is 21.3 Å². The number of hydrogen-bond donors (Lipinski definition) is 0. The lowest BCUT2D eigenvalue weighted by Crippen LogP contribution is -1.80. The Labute approximate surface area is 107 Å². The van der Waals surface area contributed by atoms with Crippen molar-refractivity contribution in [3.8, 4) is 0 Å². The van der Waals surface area contributed by atoms with Crippen LogP contribution in [0.25, 0.3) is 10.9 Å². The molecule has 0 spiro atoms. The molecule has 1 aromatic carbocycles. The summed E-state index contributed by atoms with van der Waals surface area (Å²) in [6, 6.07) is 6.00. The van der Waals surface area contributed by atoms with Gasteiger partial charge < -0.3 is 0 Å². The van der Waals surface area contributed by atoms with Gasteiger partial charge in [-0.3, -0.25) is 4.98 Å². The van der Waals surface area contributed by atoms with Crippen LogP contribution >= 0.6 is 11.6 Å². The zero-order valence-corrected chi connectivity index (χ0v) is 10.0. The van der Waals surface area contributed by atoms with Crippen molar-refractivity contribution in [2.24, 2.45) is 0 Å². The molecule has 0 atom stereocenters. The van der Waals surface area contributed by atoms with Gasteiger partial charge in [0, 0.05) is 11.6 Å². The summed E-state index contributed by atoms with van der Waals surface area (Å²) >= 11 is 5.82. The molecule has 1 heterocycles. The molecule has 0 N–H and O–H groups in total. The number of halogens is 2. The molecule has 0 aliphatic carbocycles. The predicted molar refractivity (Wildman–Crippen MR) is 73.9 cm³/mol. The highest BCUT2D eigenvalue weighted by atomic mass is 35.5. The highest BCUT2D eigenvalue weighted by Crippen LogP contribution is 2.21. The topological polar surface area (TPSA) is 12.9 Å². The van der Waals surface area contributed by atoms with Gasteiger partial charge in [0.15, 0.2) is 0 Å². The molecule has 0 aliphatic heterocycles. The first-order valence-corrected chi connectivity index (χ1v) is 5.34. The summed E-state index contributed by atoms with van der Waals surface area (Å²) in [6.07, 6.45) is 5.60. The maximum absolute atomic E-state index is 12.7. The zero-order valence-electron chi connectivity index (χ0n) is 9.24. The molecular weight excluding hydrogens is 237 g/mol. The summed E-state index contributed by atoms with van der Waals surface area (Å²) < 4.78 is 12.7. The first kappa shape index (κ1) is 15.6. The fraction of sp³-hybridized carbons (Fsp3) is 0.214. The van der Waals surface area contributed by atoms with E-state index in [2.05, 4.69) is 4.98 Å². The molecule has 0 radical (unpaired) electrons. The molecule has 0 amide bonds. The number of rotatable bonds is 0. The van der Waals surface area contributed by atoms with Gasteiger partial charge in [-0.25, -0.2) is 4.39 Å². The second kappa shape index (κ2) is 7.80. The SMILES string of the molecule is C.CC=CC.Fc1ccc2nccc(Cl)c2c1. The number of nitrogens with zero attached hydrogens (tertiary/aromatic N) is 1. The highest BCUT2D eigenvalue weighted by molar-refractivity contribution is 6.35. The molecular formula is C14H17ClFN. The Morgan fingerprint density at radius 1 is 1.18 bits per heavy atom. The molecule has 0 saturated heterocycles. The maximum atomic E-state index is 12.7. The van der Waals surface area contributed by atoms with E-state index < -0.39 is 0 Å². The van der Waals surface area contributed by atoms with Crippen molar-refractivity contribution in [3.05, 3.63) is 53.5 Å². The second-order valence-corrected chi connectivity index (χ2v) is 3.53. The van der Waals surface area contributed by atoms with E-state index in [-0.39, 0.29) is 13.2 Å². The number of fused-ring (bicyclic) bond motifs is 1. The number of benzene rings is 1. The quantitative estimate of drug-likeness (QED) is 0.585. The minimum absolute atomic E-state index is 0. The Kier molecular flexibility index (Phi) is 7.15. The monoisotopic (exact) mass is 253 g/mol. The third kappa shape index (κ3) is 4.53. The van der Waals surface area contributed by atoms with Gasteiger partial charge in [0.1, 0.15) is 5.82 Å². The van der Waals surface area contributed by atoms with Gasteiger partial charge in [-0.1, -0.05) is 31.2 Å². The largest absolute Gasteiger partial charge is 0.256 e. The molecule has 0 fully saturated rings. The van der Waals surface area contributed by atoms with E-state index in [0.29, 0.717) is 15.9 Å². The van der Waals surface area contributed by atoms with Crippen LogP contribution in [-0.4, -0.2) is 4.98 Å². The van der Waals surface area contributed by atoms with E-state index >= 15 is 0 Å². The van der Waals surface area contributed by atoms with Crippen LogP contribution in [0.1, 0.15) is 21.3 Å². The lowest BCUT2D eigenvalue weighted by atomic mass is 10.2. The normalized spacial score (nSPS) is 9.65. The van der Waals surface area contributed by atoms with E-state index in [1.807, 2.05) is 26.0 Å². The van der Waals surface area contributed by atoms with E-state index in [1.165, 1.54) is 12.1 Å². The van der Waals surface area contributed by atoms with Crippen LogP contribution in [0.3, 0.4) is 0 Å². The third-order valence-corrected chi connectivity index (χ3v) is 2.31. The number of aromatic nitrogens is 1. The molecule has 1 nitrogen and oxygen atoms in total. The predicted octanol–water partition coefficient (Wildman–Crippen LogP) is 5.25. The van der Waals surface area contributed by atoms with Gasteiger partial charge in [-0.2, -0.15) is 0 Å². The summed E-state index contributed by atoms with van der Waals surface area (Å²) in [6.45, 7) is 4.00. The van der Waals surface area contributed by atoms with E-state index in [0.717, 1.165) is 0 Å². The van der Waals surface area contributed by atoms with Crippen LogP contribution in [0.5, 0.6) is 0 Å². The smallest absolute Gasteiger partial charge is 0.124 e. The van der Waals surface area contributed by atoms with Gasteiger partial charge in [-0.15, -0.1) is 0 Å². The highest BCUT2D eigenvalue weighted by Gasteiger charge is 1.99. The second-order valence-electron chi connectivity index (χ2n) is 3.12. The number of hydrogen-bond acceptors (Lipinski definition) is 1. The molecule has 17 heavy (non-hydrogen) atoms. The van der Waals surface area contributed by atoms with Crippen molar-refractivity contribution in [2.75, 3.05) is 0 Å². The number of pyridine rings is 1. The van der Waals surface area contributed by atoms with Gasteiger partial charge >= 0.3 is 0 Å². The van der Waals surface area contributed by atoms with Gasteiger partial charge in [-0.05, 0) is 38.1 Å². The summed E-state index contributed by atoms with van der Waals surface area (Å²) in [7, 11) is 0. The van der Waals surface area contributed by atoms with Crippen LogP contribution in [0.4, 0.5) is 4.39 Å². The van der Waals surface area contributed by atoms with Crippen LogP contribution in [-0.2, 0) is 0 Å². The molecule has 0 saturated carbocycles. The Balaban J connectivity index is 0.000000453. The maximum Gasteiger partial charge on any atom is 0.124 e. The van der Waals surface area contributed by atoms with Crippen molar-refractivity contribution in [1.29, 1.82) is 0 Å². The summed E-state index contributed by atoms with van der Waals surface area (Å²) in [5.41, 5.74) is 0.712. The Morgan fingerprint density at radius 3 is 2.41 bits per heavy atom. The third-order valence-electron chi connectivity index (χ3n) is 1.98. The van der Waals surface area contributed by atoms with Crippen LogP contribution in [0.15, 0.2) is 42.6 Å². The summed E-state index contributed by atoms with van der Waals surface area (Å²) in [4.78, 5) is 4.03. The van der Waals surface area contributed by atoms with Crippen molar-refractivity contribution in [3.63, 3.8) is 0 Å². The average molecular weight is 254 g/mol. The van der Waals surface area contributed by atoms with Crippen molar-refractivity contribution in [1.82, 2.24) is 4.98 Å². The molecule has 92 valence electrons. The molecule has 2 aromatic rings. The van der Waals surface area contributed by atoms with Gasteiger partial charge in [0.05, 0.1) is 10.5 Å². The number of allylic oxidation sites excluding steroid dienone is 2. The van der Waals surface area contributed by atoms with E-state index in [1.54, 1.807) is 18.3 Å². The minimum atomic E-state index is -0.294. The molecule has 2 rings (SSSR count). The lowest BCUT2D eigenvalue weighted by Gasteiger charge is -1.97. The van der Waals surface area contributed by atoms with Crippen molar-refractivity contribution >= 4 is 22.5 Å². The van der Waals surface area contributed by atoms with Gasteiger partial charge in [0.25, 0.3) is 0 Å². The Morgan fingerprint density at radius 2 is 1.82 bits per heavy atom. The average Bonchev–Trinajstić information content (AvgIpc) is 2.31. The zero-order chi connectivity index (χ0) is 12.0. The standard InChI is InChI=1S/C9H5ClFN.C4H8.CH4/c10-8-3-4-12-9-2-1-6(11)5-7(8)9;1-3-4-2;/h1-5H;3-4H,1-2H3;1H4. The fourth-order valence-corrected chi connectivity index (χ4v) is 1.29. The summed E-state index contributed by atoms with van der Waals surface area (Å²) in [5, 5.41) is 1.18. The van der Waals surface area contributed by atoms with Crippen LogP contribution < -0.4 is 0 Å². The molecule has 0 bridgehead atoms.